The van der Waals surface area contributed by atoms with E-state index >= 15 is 0 Å². The highest BCUT2D eigenvalue weighted by molar-refractivity contribution is 5.86. The molecule has 2 unspecified atom stereocenters. The van der Waals surface area contributed by atoms with Crippen molar-refractivity contribution >= 4 is 12.0 Å². The number of carbonyl (C=O) groups excluding carboxylic acids is 1. The predicted molar refractivity (Wildman–Crippen MR) is 66.4 cm³/mol. The maximum atomic E-state index is 12.7. The van der Waals surface area contributed by atoms with Crippen LogP contribution in [0.4, 0.5) is 18.0 Å². The van der Waals surface area contributed by atoms with Crippen molar-refractivity contribution in [1.29, 1.82) is 0 Å². The Morgan fingerprint density at radius 2 is 1.80 bits per heavy atom. The third kappa shape index (κ3) is 5.24. The number of nitrogens with zero attached hydrogens (tertiary/aromatic N) is 1. The highest BCUT2D eigenvalue weighted by Crippen LogP contribution is 2.30. The SMILES string of the molecule is CC(CCN(C)C)NC(=O)NC(C)(C(=O)O)C(F)(F)F. The molecular formula is C11H20F3N3O3. The molecule has 0 aliphatic carbocycles. The van der Waals surface area contributed by atoms with E-state index in [0.717, 1.165) is 0 Å². The fourth-order valence-electron chi connectivity index (χ4n) is 1.26. The third-order valence-corrected chi connectivity index (χ3v) is 2.75. The molecule has 0 rings (SSSR count). The number of hydrogen-bond acceptors (Lipinski definition) is 3. The van der Waals surface area contributed by atoms with E-state index < -0.39 is 23.7 Å². The van der Waals surface area contributed by atoms with Crippen molar-refractivity contribution in [3.63, 3.8) is 0 Å². The Morgan fingerprint density at radius 1 is 1.30 bits per heavy atom. The second-order valence-corrected chi connectivity index (χ2v) is 5.02. The quantitative estimate of drug-likeness (QED) is 0.684. The average molecular weight is 299 g/mol. The second-order valence-electron chi connectivity index (χ2n) is 5.02. The van der Waals surface area contributed by atoms with Crippen LogP contribution in [0.15, 0.2) is 0 Å². The molecule has 0 saturated carbocycles. The van der Waals surface area contributed by atoms with Gasteiger partial charge in [0.05, 0.1) is 0 Å². The number of carboxylic acids is 1. The Balaban J connectivity index is 4.61. The van der Waals surface area contributed by atoms with Gasteiger partial charge in [0.1, 0.15) is 0 Å². The van der Waals surface area contributed by atoms with Crippen molar-refractivity contribution in [3.8, 4) is 0 Å². The van der Waals surface area contributed by atoms with Gasteiger partial charge in [-0.1, -0.05) is 0 Å². The molecule has 6 nitrogen and oxygen atoms in total. The average Bonchev–Trinajstić information content (AvgIpc) is 2.24. The molecule has 0 aliphatic heterocycles. The Hall–Kier alpha value is -1.51. The van der Waals surface area contributed by atoms with Gasteiger partial charge in [0.25, 0.3) is 0 Å². The molecule has 0 aromatic carbocycles. The van der Waals surface area contributed by atoms with Crippen LogP contribution in [0.1, 0.15) is 20.3 Å². The van der Waals surface area contributed by atoms with Crippen molar-refractivity contribution in [3.05, 3.63) is 0 Å². The first-order valence-electron chi connectivity index (χ1n) is 5.93. The number of hydrogen-bond donors (Lipinski definition) is 3. The first-order valence-corrected chi connectivity index (χ1v) is 5.93. The van der Waals surface area contributed by atoms with Gasteiger partial charge in [-0.25, -0.2) is 9.59 Å². The molecule has 0 bridgehead atoms. The van der Waals surface area contributed by atoms with Crippen LogP contribution in [0.5, 0.6) is 0 Å². The van der Waals surface area contributed by atoms with Crippen molar-refractivity contribution < 1.29 is 27.9 Å². The monoisotopic (exact) mass is 299 g/mol. The molecule has 9 heteroatoms. The van der Waals surface area contributed by atoms with E-state index in [4.69, 9.17) is 5.11 Å². The lowest BCUT2D eigenvalue weighted by Crippen LogP contribution is -2.64. The van der Waals surface area contributed by atoms with Crippen LogP contribution < -0.4 is 10.6 Å². The topological polar surface area (TPSA) is 81.7 Å². The zero-order valence-electron chi connectivity index (χ0n) is 11.8. The fourth-order valence-corrected chi connectivity index (χ4v) is 1.26. The van der Waals surface area contributed by atoms with Gasteiger partial charge in [0.2, 0.25) is 5.54 Å². The van der Waals surface area contributed by atoms with Gasteiger partial charge in [-0.2, -0.15) is 13.2 Å². The van der Waals surface area contributed by atoms with Gasteiger partial charge in [-0.05, 0) is 40.9 Å². The number of nitrogens with one attached hydrogen (secondary N) is 2. The first-order chi connectivity index (χ1) is 8.90. The minimum atomic E-state index is -5.09. The normalized spacial score (nSPS) is 16.4. The molecule has 3 N–H and O–H groups in total. The highest BCUT2D eigenvalue weighted by atomic mass is 19.4. The van der Waals surface area contributed by atoms with Crippen LogP contribution in [0, 0.1) is 0 Å². The second kappa shape index (κ2) is 6.78. The first kappa shape index (κ1) is 18.5. The largest absolute Gasteiger partial charge is 0.479 e. The molecule has 2 atom stereocenters. The predicted octanol–water partition coefficient (Wildman–Crippen LogP) is 1.03. The third-order valence-electron chi connectivity index (χ3n) is 2.75. The molecule has 0 aliphatic rings. The highest BCUT2D eigenvalue weighted by Gasteiger charge is 2.58. The van der Waals surface area contributed by atoms with Crippen LogP contribution in [0.2, 0.25) is 0 Å². The van der Waals surface area contributed by atoms with Crippen LogP contribution >= 0.6 is 0 Å². The summed E-state index contributed by atoms with van der Waals surface area (Å²) in [7, 11) is 3.63. The van der Waals surface area contributed by atoms with Gasteiger partial charge in [0.15, 0.2) is 0 Å². The lowest BCUT2D eigenvalue weighted by molar-refractivity contribution is -0.203. The Labute approximate surface area is 115 Å². The van der Waals surface area contributed by atoms with E-state index in [-0.39, 0.29) is 6.04 Å². The smallest absolute Gasteiger partial charge is 0.422 e. The molecule has 0 heterocycles. The molecular weight excluding hydrogens is 279 g/mol. The molecule has 2 amide bonds. The summed E-state index contributed by atoms with van der Waals surface area (Å²) < 4.78 is 38.0. The van der Waals surface area contributed by atoms with Gasteiger partial charge in [-0.3, -0.25) is 0 Å². The minimum absolute atomic E-state index is 0.385. The standard InChI is InChI=1S/C11H20F3N3O3/c1-7(5-6-17(3)4)15-9(20)16-10(2,8(18)19)11(12,13)14/h7H,5-6H2,1-4H3,(H,18,19)(H2,15,16,20). The summed E-state index contributed by atoms with van der Waals surface area (Å²) >= 11 is 0. The van der Waals surface area contributed by atoms with Gasteiger partial charge >= 0.3 is 18.2 Å². The van der Waals surface area contributed by atoms with Gasteiger partial charge in [-0.15, -0.1) is 0 Å². The molecule has 0 spiro atoms. The van der Waals surface area contributed by atoms with Crippen molar-refractivity contribution in [2.24, 2.45) is 0 Å². The lowest BCUT2D eigenvalue weighted by atomic mass is 10.0. The van der Waals surface area contributed by atoms with Crippen molar-refractivity contribution in [2.45, 2.75) is 38.0 Å². The summed E-state index contributed by atoms with van der Waals surface area (Å²) in [6, 6.07) is -1.55. The molecule has 0 aromatic heterocycles. The summed E-state index contributed by atoms with van der Waals surface area (Å²) in [5.74, 6) is -2.17. The Kier molecular flexibility index (Phi) is 6.27. The number of carboxylic acid groups (broad SMARTS) is 1. The summed E-state index contributed by atoms with van der Waals surface area (Å²) in [4.78, 5) is 24.1. The molecule has 0 aromatic rings. The zero-order chi connectivity index (χ0) is 16.1. The number of alkyl halides is 3. The number of carbonyl (C=O) groups is 2. The van der Waals surface area contributed by atoms with E-state index in [1.807, 2.05) is 19.0 Å². The van der Waals surface area contributed by atoms with E-state index in [1.165, 1.54) is 5.32 Å². The number of aliphatic carboxylic acids is 1. The fraction of sp³-hybridized carbons (Fsp3) is 0.818. The lowest BCUT2D eigenvalue weighted by Gasteiger charge is -2.29. The molecule has 0 radical (unpaired) electrons. The number of halogens is 3. The summed E-state index contributed by atoms with van der Waals surface area (Å²) in [6.07, 6.45) is -4.57. The molecule has 118 valence electrons. The molecule has 20 heavy (non-hydrogen) atoms. The van der Waals surface area contributed by atoms with E-state index in [0.29, 0.717) is 19.9 Å². The zero-order valence-corrected chi connectivity index (χ0v) is 11.8. The summed E-state index contributed by atoms with van der Waals surface area (Å²) in [5, 5.41) is 12.4. The Morgan fingerprint density at radius 3 is 2.15 bits per heavy atom. The summed E-state index contributed by atoms with van der Waals surface area (Å²) in [5.41, 5.74) is -3.32. The maximum Gasteiger partial charge on any atom is 0.422 e. The number of urea groups is 1. The van der Waals surface area contributed by atoms with Gasteiger partial charge < -0.3 is 20.6 Å². The van der Waals surface area contributed by atoms with Gasteiger partial charge in [0, 0.05) is 6.04 Å². The van der Waals surface area contributed by atoms with Crippen LogP contribution in [0.25, 0.3) is 0 Å². The van der Waals surface area contributed by atoms with Crippen molar-refractivity contribution in [2.75, 3.05) is 20.6 Å². The molecule has 0 saturated heterocycles. The van der Waals surface area contributed by atoms with E-state index in [9.17, 15) is 22.8 Å². The maximum absolute atomic E-state index is 12.7. The van der Waals surface area contributed by atoms with Crippen molar-refractivity contribution in [1.82, 2.24) is 15.5 Å². The molecule has 0 fully saturated rings. The number of amides is 2. The van der Waals surface area contributed by atoms with E-state index in [2.05, 4.69) is 5.32 Å². The van der Waals surface area contributed by atoms with E-state index in [1.54, 1.807) is 6.92 Å². The van der Waals surface area contributed by atoms with Crippen LogP contribution in [0.3, 0.4) is 0 Å². The summed E-state index contributed by atoms with van der Waals surface area (Å²) in [6.45, 7) is 2.66. The van der Waals surface area contributed by atoms with Crippen LogP contribution in [-0.4, -0.2) is 60.4 Å². The minimum Gasteiger partial charge on any atom is -0.479 e. The number of rotatable bonds is 6. The Bertz CT molecular complexity index is 361. The van der Waals surface area contributed by atoms with Crippen LogP contribution in [-0.2, 0) is 4.79 Å².